The molecule has 0 aliphatic rings. The SMILES string of the molecule is CCOC(=O)c1ncc2cc(OCCOC)c(OC)cc2n1. The van der Waals surface area contributed by atoms with E-state index in [9.17, 15) is 4.79 Å². The van der Waals surface area contributed by atoms with Crippen LogP contribution in [-0.4, -0.2) is 50.0 Å². The van der Waals surface area contributed by atoms with Crippen molar-refractivity contribution in [1.29, 1.82) is 0 Å². The number of fused-ring (bicyclic) bond motifs is 1. The molecule has 0 spiro atoms. The zero-order valence-corrected chi connectivity index (χ0v) is 12.8. The van der Waals surface area contributed by atoms with Gasteiger partial charge in [-0.3, -0.25) is 0 Å². The standard InChI is InChI=1S/C15H18N2O5/c1-4-21-15(18)14-16-9-10-7-13(22-6-5-19-2)12(20-3)8-11(10)17-14/h7-9H,4-6H2,1-3H3. The molecule has 0 saturated carbocycles. The lowest BCUT2D eigenvalue weighted by Crippen LogP contribution is -2.09. The molecule has 0 bridgehead atoms. The van der Waals surface area contributed by atoms with Crippen molar-refractivity contribution in [3.63, 3.8) is 0 Å². The van der Waals surface area contributed by atoms with Crippen molar-refractivity contribution in [2.24, 2.45) is 0 Å². The Morgan fingerprint density at radius 3 is 2.68 bits per heavy atom. The molecule has 0 fully saturated rings. The summed E-state index contributed by atoms with van der Waals surface area (Å²) in [4.78, 5) is 19.9. The van der Waals surface area contributed by atoms with Crippen molar-refractivity contribution in [2.45, 2.75) is 6.92 Å². The van der Waals surface area contributed by atoms with Crippen molar-refractivity contribution in [3.8, 4) is 11.5 Å². The number of hydrogen-bond acceptors (Lipinski definition) is 7. The van der Waals surface area contributed by atoms with Crippen molar-refractivity contribution < 1.29 is 23.7 Å². The van der Waals surface area contributed by atoms with Gasteiger partial charge in [-0.25, -0.2) is 14.8 Å². The van der Waals surface area contributed by atoms with E-state index < -0.39 is 5.97 Å². The molecular weight excluding hydrogens is 288 g/mol. The van der Waals surface area contributed by atoms with Crippen LogP contribution in [0.2, 0.25) is 0 Å². The summed E-state index contributed by atoms with van der Waals surface area (Å²) in [5.74, 6) is 0.560. The molecule has 0 amide bonds. The number of nitrogens with zero attached hydrogens (tertiary/aromatic N) is 2. The van der Waals surface area contributed by atoms with Crippen LogP contribution in [0.5, 0.6) is 11.5 Å². The second kappa shape index (κ2) is 7.56. The van der Waals surface area contributed by atoms with Gasteiger partial charge in [0.05, 0.1) is 25.8 Å². The van der Waals surface area contributed by atoms with E-state index in [1.807, 2.05) is 0 Å². The summed E-state index contributed by atoms with van der Waals surface area (Å²) in [6, 6.07) is 3.46. The van der Waals surface area contributed by atoms with Gasteiger partial charge in [-0.15, -0.1) is 0 Å². The number of benzene rings is 1. The summed E-state index contributed by atoms with van der Waals surface area (Å²) in [6.07, 6.45) is 1.55. The Morgan fingerprint density at radius 2 is 2.00 bits per heavy atom. The Hall–Kier alpha value is -2.41. The van der Waals surface area contributed by atoms with E-state index in [0.29, 0.717) is 30.2 Å². The first-order valence-electron chi connectivity index (χ1n) is 6.83. The molecular formula is C15H18N2O5. The molecule has 2 rings (SSSR count). The van der Waals surface area contributed by atoms with Crippen LogP contribution in [0.3, 0.4) is 0 Å². The zero-order valence-electron chi connectivity index (χ0n) is 12.8. The molecule has 0 saturated heterocycles. The molecule has 0 aliphatic carbocycles. The Balaban J connectivity index is 2.34. The molecule has 7 nitrogen and oxygen atoms in total. The lowest BCUT2D eigenvalue weighted by Gasteiger charge is -2.11. The van der Waals surface area contributed by atoms with Gasteiger partial charge in [0, 0.05) is 24.8 Å². The fourth-order valence-electron chi connectivity index (χ4n) is 1.84. The smallest absolute Gasteiger partial charge is 0.376 e. The number of esters is 1. The van der Waals surface area contributed by atoms with Crippen LogP contribution in [-0.2, 0) is 9.47 Å². The Labute approximate surface area is 128 Å². The van der Waals surface area contributed by atoms with Gasteiger partial charge in [0.2, 0.25) is 5.82 Å². The maximum Gasteiger partial charge on any atom is 0.376 e. The van der Waals surface area contributed by atoms with E-state index in [0.717, 1.165) is 5.39 Å². The number of methoxy groups -OCH3 is 2. The summed E-state index contributed by atoms with van der Waals surface area (Å²) in [6.45, 7) is 2.88. The fraction of sp³-hybridized carbons (Fsp3) is 0.400. The van der Waals surface area contributed by atoms with Crippen LogP contribution in [0.4, 0.5) is 0 Å². The average Bonchev–Trinajstić information content (AvgIpc) is 2.54. The molecule has 2 aromatic rings. The van der Waals surface area contributed by atoms with E-state index in [-0.39, 0.29) is 12.4 Å². The number of rotatable bonds is 7. The number of carbonyl (C=O) groups is 1. The Morgan fingerprint density at radius 1 is 1.18 bits per heavy atom. The first kappa shape index (κ1) is 16.0. The Bertz CT molecular complexity index is 660. The minimum atomic E-state index is -0.552. The van der Waals surface area contributed by atoms with Gasteiger partial charge >= 0.3 is 5.97 Å². The molecule has 22 heavy (non-hydrogen) atoms. The van der Waals surface area contributed by atoms with E-state index in [1.165, 1.54) is 7.11 Å². The predicted octanol–water partition coefficient (Wildman–Crippen LogP) is 1.84. The molecule has 1 aromatic heterocycles. The highest BCUT2D eigenvalue weighted by Gasteiger charge is 2.13. The lowest BCUT2D eigenvalue weighted by atomic mass is 10.2. The highest BCUT2D eigenvalue weighted by Crippen LogP contribution is 2.31. The van der Waals surface area contributed by atoms with Crippen LogP contribution < -0.4 is 9.47 Å². The topological polar surface area (TPSA) is 79.8 Å². The normalized spacial score (nSPS) is 10.5. The third-order valence-electron chi connectivity index (χ3n) is 2.87. The summed E-state index contributed by atoms with van der Waals surface area (Å²) < 4.78 is 20.7. The molecule has 1 aromatic carbocycles. The minimum Gasteiger partial charge on any atom is -0.493 e. The Kier molecular flexibility index (Phi) is 5.48. The summed E-state index contributed by atoms with van der Waals surface area (Å²) in [5, 5.41) is 0.737. The average molecular weight is 306 g/mol. The summed E-state index contributed by atoms with van der Waals surface area (Å²) >= 11 is 0. The highest BCUT2D eigenvalue weighted by molar-refractivity contribution is 5.89. The molecule has 7 heteroatoms. The van der Waals surface area contributed by atoms with E-state index in [4.69, 9.17) is 18.9 Å². The van der Waals surface area contributed by atoms with Crippen molar-refractivity contribution in [2.75, 3.05) is 34.0 Å². The molecule has 0 aliphatic heterocycles. The number of ether oxygens (including phenoxy) is 4. The maximum atomic E-state index is 11.7. The van der Waals surface area contributed by atoms with Crippen LogP contribution in [0.1, 0.15) is 17.5 Å². The predicted molar refractivity (Wildman–Crippen MR) is 79.4 cm³/mol. The second-order valence-electron chi connectivity index (χ2n) is 4.32. The fourth-order valence-corrected chi connectivity index (χ4v) is 1.84. The van der Waals surface area contributed by atoms with E-state index in [2.05, 4.69) is 9.97 Å². The molecule has 0 unspecified atom stereocenters. The largest absolute Gasteiger partial charge is 0.493 e. The van der Waals surface area contributed by atoms with Crippen LogP contribution >= 0.6 is 0 Å². The number of hydrogen-bond donors (Lipinski definition) is 0. The molecule has 1 heterocycles. The third kappa shape index (κ3) is 3.62. The van der Waals surface area contributed by atoms with Gasteiger partial charge in [-0.05, 0) is 13.0 Å². The summed E-state index contributed by atoms with van der Waals surface area (Å²) in [7, 11) is 3.14. The molecule has 0 radical (unpaired) electrons. The van der Waals surface area contributed by atoms with E-state index in [1.54, 1.807) is 32.4 Å². The van der Waals surface area contributed by atoms with Crippen molar-refractivity contribution >= 4 is 16.9 Å². The van der Waals surface area contributed by atoms with Crippen molar-refractivity contribution in [1.82, 2.24) is 9.97 Å². The van der Waals surface area contributed by atoms with Gasteiger partial charge in [-0.1, -0.05) is 0 Å². The first-order chi connectivity index (χ1) is 10.7. The number of aromatic nitrogens is 2. The van der Waals surface area contributed by atoms with Gasteiger partial charge in [-0.2, -0.15) is 0 Å². The summed E-state index contributed by atoms with van der Waals surface area (Å²) in [5.41, 5.74) is 0.578. The van der Waals surface area contributed by atoms with Crippen molar-refractivity contribution in [3.05, 3.63) is 24.2 Å². The monoisotopic (exact) mass is 306 g/mol. The van der Waals surface area contributed by atoms with Gasteiger partial charge in [0.25, 0.3) is 0 Å². The van der Waals surface area contributed by atoms with Gasteiger partial charge < -0.3 is 18.9 Å². The highest BCUT2D eigenvalue weighted by atomic mass is 16.5. The van der Waals surface area contributed by atoms with Crippen LogP contribution in [0.25, 0.3) is 10.9 Å². The zero-order chi connectivity index (χ0) is 15.9. The van der Waals surface area contributed by atoms with Crippen LogP contribution in [0, 0.1) is 0 Å². The van der Waals surface area contributed by atoms with Gasteiger partial charge in [0.15, 0.2) is 11.5 Å². The third-order valence-corrected chi connectivity index (χ3v) is 2.87. The molecule has 118 valence electrons. The molecule has 0 atom stereocenters. The number of carbonyl (C=O) groups excluding carboxylic acids is 1. The lowest BCUT2D eigenvalue weighted by molar-refractivity contribution is 0.0512. The second-order valence-corrected chi connectivity index (χ2v) is 4.32. The van der Waals surface area contributed by atoms with Gasteiger partial charge in [0.1, 0.15) is 6.61 Å². The van der Waals surface area contributed by atoms with Crippen LogP contribution in [0.15, 0.2) is 18.3 Å². The molecule has 0 N–H and O–H groups in total. The first-order valence-corrected chi connectivity index (χ1v) is 6.83. The van der Waals surface area contributed by atoms with E-state index >= 15 is 0 Å². The maximum absolute atomic E-state index is 11.7. The quantitative estimate of drug-likeness (QED) is 0.570. The minimum absolute atomic E-state index is 0.0180.